The van der Waals surface area contributed by atoms with E-state index in [4.69, 9.17) is 0 Å². The zero-order valence-corrected chi connectivity index (χ0v) is 12.6. The number of halogens is 1. The minimum absolute atomic E-state index is 0.125. The van der Waals surface area contributed by atoms with Gasteiger partial charge in [0, 0.05) is 12.3 Å². The maximum Gasteiger partial charge on any atom is 0.144 e. The highest BCUT2D eigenvalue weighted by molar-refractivity contribution is 5.88. The lowest BCUT2D eigenvalue weighted by Gasteiger charge is -2.22. The van der Waals surface area contributed by atoms with Crippen molar-refractivity contribution in [3.63, 3.8) is 0 Å². The second-order valence-electron chi connectivity index (χ2n) is 5.55. The molecule has 21 heavy (non-hydrogen) atoms. The van der Waals surface area contributed by atoms with Gasteiger partial charge in [0.1, 0.15) is 11.6 Å². The number of carbonyl (C=O) groups is 1. The third-order valence-electron chi connectivity index (χ3n) is 3.99. The number of ketones is 1. The lowest BCUT2D eigenvalue weighted by atomic mass is 9.80. The van der Waals surface area contributed by atoms with Gasteiger partial charge in [0.2, 0.25) is 0 Å². The summed E-state index contributed by atoms with van der Waals surface area (Å²) in [5.74, 6) is 0.00850. The van der Waals surface area contributed by atoms with Crippen molar-refractivity contribution in [2.24, 2.45) is 5.92 Å². The Morgan fingerprint density at radius 2 is 1.81 bits per heavy atom. The van der Waals surface area contributed by atoms with Crippen molar-refractivity contribution in [2.45, 2.75) is 32.6 Å². The first-order valence-corrected chi connectivity index (χ1v) is 7.44. The van der Waals surface area contributed by atoms with Gasteiger partial charge in [-0.25, -0.2) is 4.39 Å². The molecule has 0 saturated heterocycles. The minimum Gasteiger partial charge on any atom is -0.299 e. The Bertz CT molecular complexity index is 592. The van der Waals surface area contributed by atoms with Gasteiger partial charge < -0.3 is 0 Å². The molecule has 2 heteroatoms. The van der Waals surface area contributed by atoms with E-state index in [1.165, 1.54) is 12.1 Å². The highest BCUT2D eigenvalue weighted by Gasteiger charge is 2.25. The summed E-state index contributed by atoms with van der Waals surface area (Å²) in [6.45, 7) is 4.19. The monoisotopic (exact) mass is 284 g/mol. The van der Waals surface area contributed by atoms with E-state index in [0.29, 0.717) is 0 Å². The molecule has 0 N–H and O–H groups in total. The Morgan fingerprint density at radius 1 is 1.10 bits per heavy atom. The van der Waals surface area contributed by atoms with Gasteiger partial charge in [0.25, 0.3) is 0 Å². The van der Waals surface area contributed by atoms with Crippen molar-refractivity contribution in [3.8, 4) is 0 Å². The molecule has 0 bridgehead atoms. The van der Waals surface area contributed by atoms with Gasteiger partial charge in [-0.1, -0.05) is 62.7 Å². The molecule has 2 atom stereocenters. The fourth-order valence-electron chi connectivity index (χ4n) is 2.69. The number of carbonyl (C=O) groups excluding carboxylic acids is 1. The van der Waals surface area contributed by atoms with Crippen LogP contribution in [0, 0.1) is 11.7 Å². The van der Waals surface area contributed by atoms with Crippen molar-refractivity contribution < 1.29 is 9.18 Å². The summed E-state index contributed by atoms with van der Waals surface area (Å²) in [4.78, 5) is 12.7. The predicted octanol–water partition coefficient (Wildman–Crippen LogP) is 4.77. The van der Waals surface area contributed by atoms with Crippen molar-refractivity contribution in [2.75, 3.05) is 0 Å². The molecule has 0 radical (unpaired) electrons. The van der Waals surface area contributed by atoms with Crippen LogP contribution in [0.3, 0.4) is 0 Å². The zero-order chi connectivity index (χ0) is 15.2. The highest BCUT2D eigenvalue weighted by Crippen LogP contribution is 2.29. The van der Waals surface area contributed by atoms with Crippen LogP contribution in [0.5, 0.6) is 0 Å². The van der Waals surface area contributed by atoms with Crippen LogP contribution in [0.15, 0.2) is 54.6 Å². The van der Waals surface area contributed by atoms with Crippen molar-refractivity contribution >= 4 is 5.78 Å². The molecule has 0 heterocycles. The first kappa shape index (κ1) is 15.4. The van der Waals surface area contributed by atoms with Crippen molar-refractivity contribution in [1.82, 2.24) is 0 Å². The molecule has 0 saturated carbocycles. The van der Waals surface area contributed by atoms with Crippen molar-refractivity contribution in [1.29, 1.82) is 0 Å². The fraction of sp³-hybridized carbons (Fsp3) is 0.316. The van der Waals surface area contributed by atoms with E-state index >= 15 is 0 Å². The SMILES string of the molecule is CCC(C)C(C(=O)Cc1cccc(F)c1)c1ccccc1. The number of benzene rings is 2. The van der Waals surface area contributed by atoms with Crippen LogP contribution in [0.25, 0.3) is 0 Å². The van der Waals surface area contributed by atoms with E-state index in [0.717, 1.165) is 17.5 Å². The van der Waals surface area contributed by atoms with Crippen LogP contribution in [-0.2, 0) is 11.2 Å². The molecule has 0 aliphatic carbocycles. The smallest absolute Gasteiger partial charge is 0.144 e. The Kier molecular flexibility index (Phi) is 5.26. The topological polar surface area (TPSA) is 17.1 Å². The normalized spacial score (nSPS) is 13.7. The molecule has 0 aliphatic heterocycles. The summed E-state index contributed by atoms with van der Waals surface area (Å²) >= 11 is 0. The van der Waals surface area contributed by atoms with E-state index in [-0.39, 0.29) is 29.9 Å². The molecular weight excluding hydrogens is 263 g/mol. The molecule has 0 spiro atoms. The zero-order valence-electron chi connectivity index (χ0n) is 12.6. The van der Waals surface area contributed by atoms with Gasteiger partial charge in [0.15, 0.2) is 0 Å². The lowest BCUT2D eigenvalue weighted by Crippen LogP contribution is -2.21. The largest absolute Gasteiger partial charge is 0.299 e. The first-order chi connectivity index (χ1) is 10.1. The third kappa shape index (κ3) is 4.01. The van der Waals surface area contributed by atoms with E-state index in [9.17, 15) is 9.18 Å². The van der Waals surface area contributed by atoms with E-state index in [2.05, 4.69) is 13.8 Å². The molecule has 1 nitrogen and oxygen atoms in total. The van der Waals surface area contributed by atoms with Gasteiger partial charge in [-0.3, -0.25) is 4.79 Å². The number of Topliss-reactive ketones (excluding diaryl/α,β-unsaturated/α-hetero) is 1. The minimum atomic E-state index is -0.292. The van der Waals surface area contributed by atoms with Gasteiger partial charge in [-0.05, 0) is 29.2 Å². The molecule has 0 fully saturated rings. The number of hydrogen-bond acceptors (Lipinski definition) is 1. The van der Waals surface area contributed by atoms with Crippen LogP contribution in [0.4, 0.5) is 4.39 Å². The maximum atomic E-state index is 13.3. The summed E-state index contributed by atoms with van der Waals surface area (Å²) in [5, 5.41) is 0. The average Bonchev–Trinajstić information content (AvgIpc) is 2.48. The lowest BCUT2D eigenvalue weighted by molar-refractivity contribution is -0.120. The van der Waals surface area contributed by atoms with Gasteiger partial charge >= 0.3 is 0 Å². The predicted molar refractivity (Wildman–Crippen MR) is 83.7 cm³/mol. The molecule has 2 rings (SSSR count). The summed E-state index contributed by atoms with van der Waals surface area (Å²) < 4.78 is 13.3. The quantitative estimate of drug-likeness (QED) is 0.747. The molecule has 2 unspecified atom stereocenters. The van der Waals surface area contributed by atoms with Crippen LogP contribution in [-0.4, -0.2) is 5.78 Å². The Balaban J connectivity index is 2.23. The van der Waals surface area contributed by atoms with Crippen LogP contribution < -0.4 is 0 Å². The second-order valence-corrected chi connectivity index (χ2v) is 5.55. The first-order valence-electron chi connectivity index (χ1n) is 7.44. The summed E-state index contributed by atoms with van der Waals surface area (Å²) in [6, 6.07) is 16.2. The van der Waals surface area contributed by atoms with Gasteiger partial charge in [-0.15, -0.1) is 0 Å². The van der Waals surface area contributed by atoms with E-state index in [1.54, 1.807) is 12.1 Å². The summed E-state index contributed by atoms with van der Waals surface area (Å²) in [5.41, 5.74) is 1.79. The summed E-state index contributed by atoms with van der Waals surface area (Å²) in [7, 11) is 0. The fourth-order valence-corrected chi connectivity index (χ4v) is 2.69. The molecule has 0 aromatic heterocycles. The van der Waals surface area contributed by atoms with E-state index < -0.39 is 0 Å². The molecule has 2 aromatic rings. The highest BCUT2D eigenvalue weighted by atomic mass is 19.1. The Hall–Kier alpha value is -1.96. The van der Waals surface area contributed by atoms with Gasteiger partial charge in [-0.2, -0.15) is 0 Å². The molecule has 110 valence electrons. The van der Waals surface area contributed by atoms with E-state index in [1.807, 2.05) is 30.3 Å². The number of hydrogen-bond donors (Lipinski definition) is 0. The number of rotatable bonds is 6. The van der Waals surface area contributed by atoms with Crippen LogP contribution >= 0.6 is 0 Å². The molecule has 2 aromatic carbocycles. The second kappa shape index (κ2) is 7.16. The van der Waals surface area contributed by atoms with Gasteiger partial charge in [0.05, 0.1) is 0 Å². The average molecular weight is 284 g/mol. The molecular formula is C19H21FO. The summed E-state index contributed by atoms with van der Waals surface area (Å²) in [6.07, 6.45) is 1.22. The Morgan fingerprint density at radius 3 is 2.43 bits per heavy atom. The molecule has 0 aliphatic rings. The molecule has 0 amide bonds. The van der Waals surface area contributed by atoms with Crippen LogP contribution in [0.2, 0.25) is 0 Å². The standard InChI is InChI=1S/C19H21FO/c1-3-14(2)19(16-9-5-4-6-10-16)18(21)13-15-8-7-11-17(20)12-15/h4-12,14,19H,3,13H2,1-2H3. The maximum absolute atomic E-state index is 13.3. The van der Waals surface area contributed by atoms with Crippen LogP contribution in [0.1, 0.15) is 37.3 Å². The Labute approximate surface area is 125 Å². The third-order valence-corrected chi connectivity index (χ3v) is 3.99. The van der Waals surface area contributed by atoms with Crippen molar-refractivity contribution in [3.05, 3.63) is 71.5 Å².